The van der Waals surface area contributed by atoms with Crippen molar-refractivity contribution in [3.8, 4) is 0 Å². The molecule has 2 N–H and O–H groups in total. The number of rotatable bonds is 5. The SMILES string of the molecule is OCC(CO)(Cc1ccc(I)cc1)c1cccc(Br)c1. The van der Waals surface area contributed by atoms with Crippen LogP contribution in [0, 0.1) is 3.57 Å². The monoisotopic (exact) mass is 446 g/mol. The largest absolute Gasteiger partial charge is 0.395 e. The molecule has 0 aliphatic carbocycles. The maximum atomic E-state index is 9.86. The van der Waals surface area contributed by atoms with Crippen LogP contribution in [-0.2, 0) is 11.8 Å². The molecule has 106 valence electrons. The highest BCUT2D eigenvalue weighted by molar-refractivity contribution is 14.1. The number of hydrogen-bond donors (Lipinski definition) is 2. The normalized spacial score (nSPS) is 11.6. The predicted octanol–water partition coefficient (Wildman–Crippen LogP) is 3.52. The van der Waals surface area contributed by atoms with Crippen LogP contribution < -0.4 is 0 Å². The van der Waals surface area contributed by atoms with Crippen LogP contribution in [0.15, 0.2) is 53.0 Å². The molecular formula is C16H16BrIO2. The molecule has 20 heavy (non-hydrogen) atoms. The lowest BCUT2D eigenvalue weighted by molar-refractivity contribution is 0.116. The lowest BCUT2D eigenvalue weighted by Crippen LogP contribution is -2.37. The van der Waals surface area contributed by atoms with Crippen molar-refractivity contribution in [1.29, 1.82) is 0 Å². The minimum Gasteiger partial charge on any atom is -0.395 e. The van der Waals surface area contributed by atoms with E-state index >= 15 is 0 Å². The van der Waals surface area contributed by atoms with E-state index in [2.05, 4.69) is 38.5 Å². The number of hydrogen-bond acceptors (Lipinski definition) is 2. The molecule has 4 heteroatoms. The molecule has 0 spiro atoms. The Morgan fingerprint density at radius 2 is 1.65 bits per heavy atom. The van der Waals surface area contributed by atoms with Crippen molar-refractivity contribution in [1.82, 2.24) is 0 Å². The van der Waals surface area contributed by atoms with E-state index in [-0.39, 0.29) is 13.2 Å². The van der Waals surface area contributed by atoms with Crippen LogP contribution in [0.3, 0.4) is 0 Å². The molecule has 0 aliphatic heterocycles. The van der Waals surface area contributed by atoms with E-state index in [9.17, 15) is 10.2 Å². The number of halogens is 2. The Morgan fingerprint density at radius 1 is 1.00 bits per heavy atom. The summed E-state index contributed by atoms with van der Waals surface area (Å²) in [5.74, 6) is 0. The number of benzene rings is 2. The highest BCUT2D eigenvalue weighted by Gasteiger charge is 2.31. The van der Waals surface area contributed by atoms with Crippen molar-refractivity contribution < 1.29 is 10.2 Å². The van der Waals surface area contributed by atoms with Gasteiger partial charge in [-0.15, -0.1) is 0 Å². The first-order valence-electron chi connectivity index (χ1n) is 6.32. The molecule has 0 saturated heterocycles. The van der Waals surface area contributed by atoms with Crippen LogP contribution in [0.1, 0.15) is 11.1 Å². The molecule has 0 aliphatic rings. The van der Waals surface area contributed by atoms with Gasteiger partial charge in [-0.2, -0.15) is 0 Å². The van der Waals surface area contributed by atoms with Crippen LogP contribution in [0.25, 0.3) is 0 Å². The molecule has 0 amide bonds. The molecule has 0 fully saturated rings. The first kappa shape index (κ1) is 15.9. The van der Waals surface area contributed by atoms with Gasteiger partial charge >= 0.3 is 0 Å². The number of aliphatic hydroxyl groups excluding tert-OH is 2. The van der Waals surface area contributed by atoms with Crippen molar-refractivity contribution in [3.63, 3.8) is 0 Å². The van der Waals surface area contributed by atoms with Crippen molar-refractivity contribution in [2.75, 3.05) is 13.2 Å². The van der Waals surface area contributed by atoms with Crippen LogP contribution >= 0.6 is 38.5 Å². The average molecular weight is 447 g/mol. The van der Waals surface area contributed by atoms with Gasteiger partial charge in [0.1, 0.15) is 0 Å². The van der Waals surface area contributed by atoms with Gasteiger partial charge in [0.25, 0.3) is 0 Å². The van der Waals surface area contributed by atoms with Gasteiger partial charge in [-0.05, 0) is 64.4 Å². The molecule has 0 heterocycles. The lowest BCUT2D eigenvalue weighted by atomic mass is 9.77. The summed E-state index contributed by atoms with van der Waals surface area (Å²) in [4.78, 5) is 0. The van der Waals surface area contributed by atoms with Crippen molar-refractivity contribution >= 4 is 38.5 Å². The van der Waals surface area contributed by atoms with Gasteiger partial charge in [-0.3, -0.25) is 0 Å². The Labute approximate surface area is 141 Å². The standard InChI is InChI=1S/C16H16BrIO2/c17-14-3-1-2-13(8-14)16(10-19,11-20)9-12-4-6-15(18)7-5-12/h1-8,19-20H,9-11H2. The van der Waals surface area contributed by atoms with Gasteiger partial charge < -0.3 is 10.2 Å². The molecule has 2 nitrogen and oxygen atoms in total. The summed E-state index contributed by atoms with van der Waals surface area (Å²) in [6.45, 7) is -0.183. The van der Waals surface area contributed by atoms with Gasteiger partial charge in [0.2, 0.25) is 0 Å². The van der Waals surface area contributed by atoms with Crippen LogP contribution in [0.4, 0.5) is 0 Å². The van der Waals surface area contributed by atoms with Crippen molar-refractivity contribution in [2.24, 2.45) is 0 Å². The van der Waals surface area contributed by atoms with Crippen LogP contribution in [0.5, 0.6) is 0 Å². The topological polar surface area (TPSA) is 40.5 Å². The van der Waals surface area contributed by atoms with Crippen molar-refractivity contribution in [3.05, 3.63) is 67.7 Å². The Bertz CT molecular complexity index is 565. The lowest BCUT2D eigenvalue weighted by Gasteiger charge is -2.31. The zero-order valence-electron chi connectivity index (χ0n) is 10.9. The zero-order chi connectivity index (χ0) is 14.6. The highest BCUT2D eigenvalue weighted by Crippen LogP contribution is 2.30. The Hall–Kier alpha value is -0.430. The molecule has 0 atom stereocenters. The fourth-order valence-corrected chi connectivity index (χ4v) is 3.02. The van der Waals surface area contributed by atoms with Gasteiger partial charge in [0.15, 0.2) is 0 Å². The molecule has 0 aromatic heterocycles. The average Bonchev–Trinajstić information content (AvgIpc) is 2.47. The summed E-state index contributed by atoms with van der Waals surface area (Å²) < 4.78 is 2.12. The van der Waals surface area contributed by atoms with E-state index in [1.54, 1.807) is 0 Å². The smallest absolute Gasteiger partial charge is 0.0553 e. The third-order valence-corrected chi connectivity index (χ3v) is 4.71. The summed E-state index contributed by atoms with van der Waals surface area (Å²) in [6.07, 6.45) is 0.605. The van der Waals surface area contributed by atoms with E-state index < -0.39 is 5.41 Å². The predicted molar refractivity (Wildman–Crippen MR) is 92.9 cm³/mol. The maximum absolute atomic E-state index is 9.86. The van der Waals surface area contributed by atoms with Crippen LogP contribution in [0.2, 0.25) is 0 Å². The minimum atomic E-state index is -0.656. The molecule has 0 bridgehead atoms. The zero-order valence-corrected chi connectivity index (χ0v) is 14.6. The van der Waals surface area contributed by atoms with E-state index in [0.29, 0.717) is 6.42 Å². The minimum absolute atomic E-state index is 0.0913. The van der Waals surface area contributed by atoms with Gasteiger partial charge in [-0.25, -0.2) is 0 Å². The summed E-state index contributed by atoms with van der Waals surface area (Å²) in [6, 6.07) is 15.9. The van der Waals surface area contributed by atoms with E-state index in [1.165, 1.54) is 3.57 Å². The fourth-order valence-electron chi connectivity index (χ4n) is 2.26. The molecule has 0 radical (unpaired) electrons. The Balaban J connectivity index is 2.36. The number of aliphatic hydroxyl groups is 2. The summed E-state index contributed by atoms with van der Waals surface area (Å²) >= 11 is 5.71. The second-order valence-corrected chi connectivity index (χ2v) is 7.07. The molecular weight excluding hydrogens is 431 g/mol. The quantitative estimate of drug-likeness (QED) is 0.690. The summed E-state index contributed by atoms with van der Waals surface area (Å²) in [5.41, 5.74) is 1.39. The first-order valence-corrected chi connectivity index (χ1v) is 8.19. The second-order valence-electron chi connectivity index (χ2n) is 4.91. The van der Waals surface area contributed by atoms with Gasteiger partial charge in [0.05, 0.1) is 13.2 Å². The van der Waals surface area contributed by atoms with Gasteiger partial charge in [-0.1, -0.05) is 40.2 Å². The van der Waals surface area contributed by atoms with Crippen LogP contribution in [-0.4, -0.2) is 23.4 Å². The summed E-state index contributed by atoms with van der Waals surface area (Å²) in [7, 11) is 0. The van der Waals surface area contributed by atoms with E-state index in [4.69, 9.17) is 0 Å². The third kappa shape index (κ3) is 3.61. The van der Waals surface area contributed by atoms with Crippen molar-refractivity contribution in [2.45, 2.75) is 11.8 Å². The first-order chi connectivity index (χ1) is 9.59. The third-order valence-electron chi connectivity index (χ3n) is 3.50. The summed E-state index contributed by atoms with van der Waals surface area (Å²) in [5, 5.41) is 19.7. The molecule has 2 aromatic carbocycles. The highest BCUT2D eigenvalue weighted by atomic mass is 127. The fraction of sp³-hybridized carbons (Fsp3) is 0.250. The Kier molecular flexibility index (Phi) is 5.60. The molecule has 2 aromatic rings. The molecule has 0 unspecified atom stereocenters. The molecule has 2 rings (SSSR count). The maximum Gasteiger partial charge on any atom is 0.0553 e. The second kappa shape index (κ2) is 7.02. The van der Waals surface area contributed by atoms with E-state index in [1.807, 2.05) is 48.5 Å². The Morgan fingerprint density at radius 3 is 2.20 bits per heavy atom. The van der Waals surface area contributed by atoms with E-state index in [0.717, 1.165) is 15.6 Å². The van der Waals surface area contributed by atoms with Gasteiger partial charge in [0, 0.05) is 13.5 Å². The molecule has 0 saturated carbocycles.